The van der Waals surface area contributed by atoms with Crippen LogP contribution in [0.1, 0.15) is 28.4 Å². The Hall–Kier alpha value is -2.82. The van der Waals surface area contributed by atoms with Crippen molar-refractivity contribution in [1.29, 1.82) is 0 Å². The summed E-state index contributed by atoms with van der Waals surface area (Å²) in [6.07, 6.45) is -0.118. The van der Waals surface area contributed by atoms with Crippen LogP contribution in [0.4, 0.5) is 5.69 Å². The summed E-state index contributed by atoms with van der Waals surface area (Å²) in [7, 11) is 1.68. The monoisotopic (exact) mass is 372 g/mol. The van der Waals surface area contributed by atoms with E-state index >= 15 is 0 Å². The molecule has 28 heavy (non-hydrogen) atoms. The van der Waals surface area contributed by atoms with Gasteiger partial charge in [0.15, 0.2) is 0 Å². The van der Waals surface area contributed by atoms with E-state index in [1.807, 2.05) is 35.4 Å². The molecule has 3 aromatic rings. The molecular formula is C24H24N2O2. The Morgan fingerprint density at radius 3 is 2.25 bits per heavy atom. The molecule has 2 radical (unpaired) electrons. The fourth-order valence-corrected chi connectivity index (χ4v) is 3.58. The molecule has 0 aromatic heterocycles. The van der Waals surface area contributed by atoms with Crippen molar-refractivity contribution in [1.82, 2.24) is 5.06 Å². The van der Waals surface area contributed by atoms with Crippen LogP contribution in [0.25, 0.3) is 0 Å². The fraction of sp³-hybridized carbons (Fsp3) is 0.208. The molecule has 0 spiro atoms. The molecule has 0 aliphatic carbocycles. The minimum absolute atomic E-state index is 0.118. The van der Waals surface area contributed by atoms with Crippen molar-refractivity contribution in [2.24, 2.45) is 0 Å². The average molecular weight is 372 g/mol. The third-order valence-corrected chi connectivity index (χ3v) is 4.85. The average Bonchev–Trinajstić information content (AvgIpc) is 3.11. The van der Waals surface area contributed by atoms with Crippen molar-refractivity contribution < 1.29 is 9.57 Å². The van der Waals surface area contributed by atoms with Crippen LogP contribution in [0.5, 0.6) is 5.75 Å². The second kappa shape index (κ2) is 8.05. The number of hydroxylamine groups is 2. The van der Waals surface area contributed by atoms with Gasteiger partial charge in [-0.2, -0.15) is 5.06 Å². The quantitative estimate of drug-likeness (QED) is 0.610. The van der Waals surface area contributed by atoms with E-state index in [4.69, 9.17) is 9.57 Å². The molecular weight excluding hydrogens is 348 g/mol. The Labute approximate surface area is 166 Å². The molecule has 1 unspecified atom stereocenters. The van der Waals surface area contributed by atoms with E-state index in [0.29, 0.717) is 6.54 Å². The number of rotatable bonds is 5. The lowest BCUT2D eigenvalue weighted by Crippen LogP contribution is -2.30. The maximum Gasteiger partial charge on any atom is 0.273 e. The van der Waals surface area contributed by atoms with Gasteiger partial charge in [-0.15, -0.1) is 0 Å². The van der Waals surface area contributed by atoms with Crippen LogP contribution < -0.4 is 9.64 Å². The van der Waals surface area contributed by atoms with E-state index in [9.17, 15) is 0 Å². The molecule has 142 valence electrons. The first-order valence-corrected chi connectivity index (χ1v) is 9.39. The predicted molar refractivity (Wildman–Crippen MR) is 110 cm³/mol. The minimum Gasteiger partial charge on any atom is -0.497 e. The van der Waals surface area contributed by atoms with Crippen LogP contribution in [-0.2, 0) is 11.4 Å². The molecule has 4 rings (SSSR count). The van der Waals surface area contributed by atoms with Crippen molar-refractivity contribution in [3.05, 3.63) is 102 Å². The molecule has 0 saturated carbocycles. The third kappa shape index (κ3) is 3.88. The number of aryl methyl sites for hydroxylation is 2. The van der Waals surface area contributed by atoms with Gasteiger partial charge in [-0.25, -0.2) is 0 Å². The molecule has 1 fully saturated rings. The number of methoxy groups -OCH3 is 1. The van der Waals surface area contributed by atoms with Crippen LogP contribution in [0.2, 0.25) is 0 Å². The number of nitrogens with zero attached hydrogens (tertiary/aromatic N) is 2. The summed E-state index contributed by atoms with van der Waals surface area (Å²) in [5.74, 6) is 0.836. The van der Waals surface area contributed by atoms with Crippen LogP contribution in [0.3, 0.4) is 0 Å². The molecule has 1 aliphatic rings. The minimum atomic E-state index is -0.118. The third-order valence-electron chi connectivity index (χ3n) is 4.85. The number of benzene rings is 3. The Bertz CT molecular complexity index is 905. The first-order chi connectivity index (χ1) is 13.6. The Kier molecular flexibility index (Phi) is 5.33. The zero-order chi connectivity index (χ0) is 19.5. The molecule has 0 N–H and O–H groups in total. The number of anilines is 1. The second-order valence-corrected chi connectivity index (χ2v) is 7.11. The van der Waals surface area contributed by atoms with Crippen molar-refractivity contribution >= 4 is 5.69 Å². The van der Waals surface area contributed by atoms with Crippen LogP contribution in [0, 0.1) is 20.6 Å². The number of ether oxygens (including phenoxy) is 1. The van der Waals surface area contributed by atoms with Gasteiger partial charge in [0.05, 0.1) is 13.7 Å². The van der Waals surface area contributed by atoms with Gasteiger partial charge in [0.1, 0.15) is 11.9 Å². The fourth-order valence-electron chi connectivity index (χ4n) is 3.58. The molecule has 1 atom stereocenters. The molecule has 1 aliphatic heterocycles. The molecule has 1 saturated heterocycles. The summed E-state index contributed by atoms with van der Waals surface area (Å²) < 4.78 is 5.32. The molecule has 4 nitrogen and oxygen atoms in total. The van der Waals surface area contributed by atoms with Gasteiger partial charge in [0, 0.05) is 5.69 Å². The molecule has 0 bridgehead atoms. The smallest absolute Gasteiger partial charge is 0.273 e. The van der Waals surface area contributed by atoms with Gasteiger partial charge in [-0.05, 0) is 60.4 Å². The van der Waals surface area contributed by atoms with Crippen LogP contribution in [0.15, 0.2) is 72.8 Å². The summed E-state index contributed by atoms with van der Waals surface area (Å²) in [6.45, 7) is 7.98. The lowest BCUT2D eigenvalue weighted by Gasteiger charge is -2.29. The predicted octanol–water partition coefficient (Wildman–Crippen LogP) is 5.26. The Balaban J connectivity index is 1.70. The van der Waals surface area contributed by atoms with Crippen molar-refractivity contribution in [3.8, 4) is 5.75 Å². The van der Waals surface area contributed by atoms with Gasteiger partial charge in [-0.1, -0.05) is 48.5 Å². The van der Waals surface area contributed by atoms with Crippen molar-refractivity contribution in [2.75, 3.05) is 12.0 Å². The summed E-state index contributed by atoms with van der Waals surface area (Å²) in [6, 6.07) is 24.9. The van der Waals surface area contributed by atoms with Crippen LogP contribution in [-0.4, -0.2) is 12.2 Å². The summed E-state index contributed by atoms with van der Waals surface area (Å²) >= 11 is 0. The first-order valence-electron chi connectivity index (χ1n) is 9.39. The van der Waals surface area contributed by atoms with Gasteiger partial charge >= 0.3 is 0 Å². The second-order valence-electron chi connectivity index (χ2n) is 7.11. The molecule has 1 heterocycles. The molecule has 3 aromatic carbocycles. The first kappa shape index (κ1) is 18.5. The van der Waals surface area contributed by atoms with E-state index in [1.54, 1.807) is 7.11 Å². The highest BCUT2D eigenvalue weighted by atomic mass is 16.7. The van der Waals surface area contributed by atoms with E-state index in [2.05, 4.69) is 67.9 Å². The van der Waals surface area contributed by atoms with Gasteiger partial charge in [-0.3, -0.25) is 4.84 Å². The Morgan fingerprint density at radius 2 is 1.61 bits per heavy atom. The summed E-state index contributed by atoms with van der Waals surface area (Å²) in [4.78, 5) is 7.97. The molecule has 4 heteroatoms. The highest BCUT2D eigenvalue weighted by Crippen LogP contribution is 2.39. The standard InChI is InChI=1S/C24H24N2O2/c1-18-13-19(2)15-22(14-18)25-17-28-26(16-20-7-5-4-6-8-20)24(25)21-9-11-23(27-3)12-10-21/h4-15,24H,16H2,1-3H3. The van der Waals surface area contributed by atoms with Crippen molar-refractivity contribution in [2.45, 2.75) is 26.6 Å². The zero-order valence-corrected chi connectivity index (χ0v) is 16.4. The highest BCUT2D eigenvalue weighted by molar-refractivity contribution is 5.54. The SMILES string of the molecule is COc1ccc(C2N(Cc3ccccc3)O[C]N2c2cc(C)cc(C)c2)cc1. The van der Waals surface area contributed by atoms with E-state index in [1.165, 1.54) is 16.7 Å². The summed E-state index contributed by atoms with van der Waals surface area (Å²) in [5, 5.41) is 1.95. The Morgan fingerprint density at radius 1 is 0.929 bits per heavy atom. The van der Waals surface area contributed by atoms with E-state index < -0.39 is 0 Å². The van der Waals surface area contributed by atoms with Gasteiger partial charge in [0.25, 0.3) is 6.73 Å². The van der Waals surface area contributed by atoms with Gasteiger partial charge < -0.3 is 9.64 Å². The lowest BCUT2D eigenvalue weighted by atomic mass is 10.1. The molecule has 0 amide bonds. The maximum atomic E-state index is 5.91. The maximum absolute atomic E-state index is 5.91. The zero-order valence-electron chi connectivity index (χ0n) is 16.4. The number of hydrogen-bond acceptors (Lipinski definition) is 4. The normalized spacial score (nSPS) is 17.1. The lowest BCUT2D eigenvalue weighted by molar-refractivity contribution is -0.119. The van der Waals surface area contributed by atoms with Gasteiger partial charge in [0.2, 0.25) is 0 Å². The highest BCUT2D eigenvalue weighted by Gasteiger charge is 2.36. The topological polar surface area (TPSA) is 24.9 Å². The van der Waals surface area contributed by atoms with E-state index in [0.717, 1.165) is 17.0 Å². The van der Waals surface area contributed by atoms with E-state index in [-0.39, 0.29) is 6.17 Å². The van der Waals surface area contributed by atoms with Crippen molar-refractivity contribution in [3.63, 3.8) is 0 Å². The number of hydrogen-bond donors (Lipinski definition) is 0. The largest absolute Gasteiger partial charge is 0.497 e. The van der Waals surface area contributed by atoms with Crippen LogP contribution >= 0.6 is 0 Å². The summed E-state index contributed by atoms with van der Waals surface area (Å²) in [5.41, 5.74) is 5.79.